The number of hydrogen-bond donors (Lipinski definition) is 1. The Balaban J connectivity index is 1.56. The van der Waals surface area contributed by atoms with E-state index in [9.17, 15) is 4.79 Å². The van der Waals surface area contributed by atoms with Crippen LogP contribution in [0.5, 0.6) is 0 Å². The van der Waals surface area contributed by atoms with Crippen LogP contribution in [0.2, 0.25) is 0 Å². The van der Waals surface area contributed by atoms with Crippen molar-refractivity contribution in [2.75, 3.05) is 37.6 Å². The van der Waals surface area contributed by atoms with Gasteiger partial charge in [-0.1, -0.05) is 18.2 Å². The predicted molar refractivity (Wildman–Crippen MR) is 77.7 cm³/mol. The number of nitrogens with zero attached hydrogens (tertiary/aromatic N) is 2. The normalized spacial score (nSPS) is 22.9. The molecule has 2 aliphatic heterocycles. The van der Waals surface area contributed by atoms with Crippen molar-refractivity contribution >= 4 is 11.8 Å². The average Bonchev–Trinajstić information content (AvgIpc) is 3.03. The lowest BCUT2D eigenvalue weighted by molar-refractivity contribution is 0.0505. The van der Waals surface area contributed by atoms with E-state index in [-0.39, 0.29) is 12.3 Å². The summed E-state index contributed by atoms with van der Waals surface area (Å²) >= 11 is 0. The molecule has 2 aliphatic rings. The standard InChI is InChI=1S/C15H21N3O2/c19-15(17-9-4-5-10-17)20-14-12-18(11-8-16-14)13-6-2-1-3-7-13/h1-3,6-7,14,16H,4-5,8-12H2/t14-/m0/s1. The van der Waals surface area contributed by atoms with Crippen LogP contribution < -0.4 is 10.2 Å². The van der Waals surface area contributed by atoms with Crippen LogP contribution in [0.15, 0.2) is 30.3 Å². The first kappa shape index (κ1) is 13.2. The monoisotopic (exact) mass is 275 g/mol. The minimum absolute atomic E-state index is 0.185. The fourth-order valence-corrected chi connectivity index (χ4v) is 2.76. The predicted octanol–water partition coefficient (Wildman–Crippen LogP) is 1.65. The number of carbonyl (C=O) groups is 1. The van der Waals surface area contributed by atoms with E-state index in [2.05, 4.69) is 22.3 Å². The first-order valence-electron chi connectivity index (χ1n) is 7.32. The largest absolute Gasteiger partial charge is 0.428 e. The zero-order valence-corrected chi connectivity index (χ0v) is 11.6. The third kappa shape index (κ3) is 3.04. The summed E-state index contributed by atoms with van der Waals surface area (Å²) in [6, 6.07) is 10.2. The highest BCUT2D eigenvalue weighted by molar-refractivity contribution is 5.68. The number of para-hydroxylation sites is 1. The van der Waals surface area contributed by atoms with Gasteiger partial charge in [0.15, 0.2) is 6.23 Å². The number of amides is 1. The summed E-state index contributed by atoms with van der Waals surface area (Å²) in [4.78, 5) is 16.0. The van der Waals surface area contributed by atoms with Crippen molar-refractivity contribution in [3.8, 4) is 0 Å². The Morgan fingerprint density at radius 3 is 2.65 bits per heavy atom. The summed E-state index contributed by atoms with van der Waals surface area (Å²) in [6.07, 6.45) is 1.76. The molecule has 20 heavy (non-hydrogen) atoms. The molecule has 0 unspecified atom stereocenters. The lowest BCUT2D eigenvalue weighted by Crippen LogP contribution is -2.53. The molecule has 0 aromatic heterocycles. The number of rotatable bonds is 2. The summed E-state index contributed by atoms with van der Waals surface area (Å²) in [7, 11) is 0. The van der Waals surface area contributed by atoms with E-state index in [1.54, 1.807) is 4.90 Å². The molecule has 5 heteroatoms. The van der Waals surface area contributed by atoms with Gasteiger partial charge >= 0.3 is 6.09 Å². The first-order chi connectivity index (χ1) is 9.83. The second kappa shape index (κ2) is 6.13. The molecule has 5 nitrogen and oxygen atoms in total. The highest BCUT2D eigenvalue weighted by atomic mass is 16.6. The van der Waals surface area contributed by atoms with Crippen LogP contribution in [-0.2, 0) is 4.74 Å². The summed E-state index contributed by atoms with van der Waals surface area (Å²) in [5.41, 5.74) is 1.18. The van der Waals surface area contributed by atoms with Gasteiger partial charge in [0.1, 0.15) is 0 Å². The molecule has 1 N–H and O–H groups in total. The van der Waals surface area contributed by atoms with E-state index < -0.39 is 0 Å². The van der Waals surface area contributed by atoms with Gasteiger partial charge in [-0.15, -0.1) is 0 Å². The van der Waals surface area contributed by atoms with Gasteiger partial charge in [0.25, 0.3) is 0 Å². The number of benzene rings is 1. The van der Waals surface area contributed by atoms with Crippen molar-refractivity contribution in [3.05, 3.63) is 30.3 Å². The zero-order chi connectivity index (χ0) is 13.8. The van der Waals surface area contributed by atoms with Crippen molar-refractivity contribution in [1.29, 1.82) is 0 Å². The SMILES string of the molecule is O=C(O[C@H]1CN(c2ccccc2)CCN1)N1CCCC1. The third-order valence-electron chi connectivity index (χ3n) is 3.87. The molecule has 1 aromatic carbocycles. The van der Waals surface area contributed by atoms with E-state index in [0.29, 0.717) is 6.54 Å². The highest BCUT2D eigenvalue weighted by Gasteiger charge is 2.26. The van der Waals surface area contributed by atoms with Gasteiger partial charge in [-0.3, -0.25) is 5.32 Å². The van der Waals surface area contributed by atoms with E-state index in [1.807, 2.05) is 18.2 Å². The number of carbonyl (C=O) groups excluding carboxylic acids is 1. The Morgan fingerprint density at radius 1 is 1.15 bits per heavy atom. The Kier molecular flexibility index (Phi) is 4.06. The Morgan fingerprint density at radius 2 is 1.90 bits per heavy atom. The lowest BCUT2D eigenvalue weighted by Gasteiger charge is -2.35. The Labute approximate surface area is 119 Å². The van der Waals surface area contributed by atoms with Crippen LogP contribution in [0.4, 0.5) is 10.5 Å². The van der Waals surface area contributed by atoms with Gasteiger partial charge in [-0.2, -0.15) is 0 Å². The topological polar surface area (TPSA) is 44.8 Å². The maximum atomic E-state index is 12.0. The molecule has 1 atom stereocenters. The van der Waals surface area contributed by atoms with Crippen LogP contribution in [0.3, 0.4) is 0 Å². The van der Waals surface area contributed by atoms with Crippen molar-refractivity contribution in [2.45, 2.75) is 19.1 Å². The molecule has 2 fully saturated rings. The fraction of sp³-hybridized carbons (Fsp3) is 0.533. The molecule has 1 aromatic rings. The van der Waals surface area contributed by atoms with Crippen LogP contribution in [0, 0.1) is 0 Å². The molecule has 0 aliphatic carbocycles. The highest BCUT2D eigenvalue weighted by Crippen LogP contribution is 2.16. The Hall–Kier alpha value is -1.75. The second-order valence-electron chi connectivity index (χ2n) is 5.30. The average molecular weight is 275 g/mol. The number of hydrogen-bond acceptors (Lipinski definition) is 4. The number of ether oxygens (including phenoxy) is 1. The molecule has 3 rings (SSSR count). The summed E-state index contributed by atoms with van der Waals surface area (Å²) < 4.78 is 5.56. The van der Waals surface area contributed by atoms with Crippen molar-refractivity contribution in [1.82, 2.24) is 10.2 Å². The van der Waals surface area contributed by atoms with Crippen LogP contribution in [-0.4, -0.2) is 49.9 Å². The van der Waals surface area contributed by atoms with Crippen LogP contribution >= 0.6 is 0 Å². The van der Waals surface area contributed by atoms with Gasteiger partial charge in [0, 0.05) is 31.9 Å². The number of piperazine rings is 1. The lowest BCUT2D eigenvalue weighted by atomic mass is 10.2. The second-order valence-corrected chi connectivity index (χ2v) is 5.30. The molecule has 1 amide bonds. The molecule has 0 radical (unpaired) electrons. The summed E-state index contributed by atoms with van der Waals surface area (Å²) in [5.74, 6) is 0. The van der Waals surface area contributed by atoms with Crippen molar-refractivity contribution in [3.63, 3.8) is 0 Å². The fourth-order valence-electron chi connectivity index (χ4n) is 2.76. The summed E-state index contributed by atoms with van der Waals surface area (Å²) in [5, 5.41) is 3.26. The minimum Gasteiger partial charge on any atom is -0.428 e. The van der Waals surface area contributed by atoms with Gasteiger partial charge in [-0.05, 0) is 25.0 Å². The zero-order valence-electron chi connectivity index (χ0n) is 11.6. The number of anilines is 1. The molecule has 0 saturated carbocycles. The minimum atomic E-state index is -0.225. The smallest absolute Gasteiger partial charge is 0.411 e. The third-order valence-corrected chi connectivity index (χ3v) is 3.87. The Bertz CT molecular complexity index is 446. The van der Waals surface area contributed by atoms with E-state index in [1.165, 1.54) is 5.69 Å². The van der Waals surface area contributed by atoms with Gasteiger partial charge in [0.2, 0.25) is 0 Å². The van der Waals surface area contributed by atoms with Gasteiger partial charge in [0.05, 0.1) is 6.54 Å². The van der Waals surface area contributed by atoms with Gasteiger partial charge < -0.3 is 14.5 Å². The van der Waals surface area contributed by atoms with Crippen molar-refractivity contribution < 1.29 is 9.53 Å². The summed E-state index contributed by atoms with van der Waals surface area (Å²) in [6.45, 7) is 4.11. The number of likely N-dealkylation sites (tertiary alicyclic amines) is 1. The molecule has 0 spiro atoms. The maximum absolute atomic E-state index is 12.0. The van der Waals surface area contributed by atoms with E-state index >= 15 is 0 Å². The first-order valence-corrected chi connectivity index (χ1v) is 7.32. The quantitative estimate of drug-likeness (QED) is 0.891. The van der Waals surface area contributed by atoms with Crippen LogP contribution in [0.1, 0.15) is 12.8 Å². The molecular formula is C15H21N3O2. The van der Waals surface area contributed by atoms with Crippen molar-refractivity contribution in [2.24, 2.45) is 0 Å². The van der Waals surface area contributed by atoms with Gasteiger partial charge in [-0.25, -0.2) is 4.79 Å². The molecule has 108 valence electrons. The molecular weight excluding hydrogens is 254 g/mol. The molecule has 2 saturated heterocycles. The number of nitrogens with one attached hydrogen (secondary N) is 1. The van der Waals surface area contributed by atoms with E-state index in [0.717, 1.165) is 39.0 Å². The van der Waals surface area contributed by atoms with Crippen LogP contribution in [0.25, 0.3) is 0 Å². The molecule has 0 bridgehead atoms. The van der Waals surface area contributed by atoms with E-state index in [4.69, 9.17) is 4.74 Å². The molecule has 2 heterocycles. The maximum Gasteiger partial charge on any atom is 0.411 e.